The van der Waals surface area contributed by atoms with Crippen molar-refractivity contribution in [3.05, 3.63) is 12.1 Å². The maximum absolute atomic E-state index is 8.41. The number of aliphatic hydroxyl groups is 1. The van der Waals surface area contributed by atoms with Crippen molar-refractivity contribution in [2.75, 3.05) is 6.61 Å². The molecule has 0 heterocycles. The van der Waals surface area contributed by atoms with Gasteiger partial charge in [0.05, 0.1) is 1.37 Å². The first kappa shape index (κ1) is 6.81. The fourth-order valence-electron chi connectivity index (χ4n) is 0.548. The zero-order chi connectivity index (χ0) is 7.82. The number of hydrogen-bond donors (Lipinski definition) is 1. The van der Waals surface area contributed by atoms with Crippen molar-refractivity contribution in [3.63, 3.8) is 0 Å². The van der Waals surface area contributed by atoms with Crippen molar-refractivity contribution in [2.24, 2.45) is 0 Å². The van der Waals surface area contributed by atoms with Crippen LogP contribution >= 0.6 is 0 Å². The SMILES string of the molecule is [2H]/C(=C\CCO)CCCC. The van der Waals surface area contributed by atoms with Crippen molar-refractivity contribution < 1.29 is 6.48 Å². The maximum atomic E-state index is 8.41. The van der Waals surface area contributed by atoms with Crippen LogP contribution in [0, 0.1) is 0 Å². The van der Waals surface area contributed by atoms with Gasteiger partial charge in [-0.2, -0.15) is 0 Å². The molecular formula is C8H16O. The van der Waals surface area contributed by atoms with E-state index in [1.807, 2.05) is 0 Å². The summed E-state index contributed by atoms with van der Waals surface area (Å²) in [4.78, 5) is 0. The normalized spacial score (nSPS) is 13.6. The lowest BCUT2D eigenvalue weighted by molar-refractivity contribution is 0.302. The standard InChI is InChI=1S/C8H16O/c1-2-3-4-5-6-7-8-9/h5-6,9H,2-4,7-8H2,1H3/b6-5+/i5D. The largest absolute Gasteiger partial charge is 0.396 e. The number of hydrogen-bond acceptors (Lipinski definition) is 1. The van der Waals surface area contributed by atoms with E-state index in [1.165, 1.54) is 0 Å². The summed E-state index contributed by atoms with van der Waals surface area (Å²) in [5.41, 5.74) is 0. The molecule has 0 fully saturated rings. The first-order valence-electron chi connectivity index (χ1n) is 4.07. The van der Waals surface area contributed by atoms with Crippen molar-refractivity contribution >= 4 is 0 Å². The van der Waals surface area contributed by atoms with Crippen LogP contribution in [-0.2, 0) is 0 Å². The minimum Gasteiger partial charge on any atom is -0.396 e. The predicted octanol–water partition coefficient (Wildman–Crippen LogP) is 2.12. The summed E-state index contributed by atoms with van der Waals surface area (Å²) in [5.74, 6) is 0. The van der Waals surface area contributed by atoms with Crippen LogP contribution in [0.5, 0.6) is 0 Å². The van der Waals surface area contributed by atoms with E-state index in [1.54, 1.807) is 6.08 Å². The Kier molecular flexibility index (Phi) is 5.83. The molecule has 0 saturated carbocycles. The molecule has 0 amide bonds. The molecule has 0 rings (SSSR count). The Bertz CT molecular complexity index is 99.4. The van der Waals surface area contributed by atoms with Gasteiger partial charge in [0, 0.05) is 6.61 Å². The van der Waals surface area contributed by atoms with Crippen LogP contribution in [0.3, 0.4) is 0 Å². The van der Waals surface area contributed by atoms with E-state index < -0.39 is 0 Å². The maximum Gasteiger partial charge on any atom is 0.0572 e. The second-order valence-corrected chi connectivity index (χ2v) is 2.02. The quantitative estimate of drug-likeness (QED) is 0.564. The Balaban J connectivity index is 3.30. The second kappa shape index (κ2) is 7.70. The molecule has 1 nitrogen and oxygen atoms in total. The molecule has 1 N–H and O–H groups in total. The average molecular weight is 129 g/mol. The molecule has 9 heavy (non-hydrogen) atoms. The smallest absolute Gasteiger partial charge is 0.0572 e. The Hall–Kier alpha value is -0.300. The summed E-state index contributed by atoms with van der Waals surface area (Å²) in [7, 11) is 0. The third-order valence-corrected chi connectivity index (χ3v) is 1.09. The molecular weight excluding hydrogens is 112 g/mol. The van der Waals surface area contributed by atoms with E-state index in [-0.39, 0.29) is 6.61 Å². The molecule has 0 unspecified atom stereocenters. The first-order valence-corrected chi connectivity index (χ1v) is 3.57. The van der Waals surface area contributed by atoms with E-state index >= 15 is 0 Å². The highest BCUT2D eigenvalue weighted by Gasteiger charge is 1.76. The van der Waals surface area contributed by atoms with Gasteiger partial charge in [-0.25, -0.2) is 0 Å². The molecule has 0 spiro atoms. The lowest BCUT2D eigenvalue weighted by Crippen LogP contribution is -1.75. The van der Waals surface area contributed by atoms with Crippen LogP contribution in [-0.4, -0.2) is 11.7 Å². The highest BCUT2D eigenvalue weighted by Crippen LogP contribution is 1.95. The second-order valence-electron chi connectivity index (χ2n) is 2.02. The molecule has 0 aliphatic rings. The lowest BCUT2D eigenvalue weighted by atomic mass is 10.2. The third-order valence-electron chi connectivity index (χ3n) is 1.09. The first-order chi connectivity index (χ1) is 4.81. The van der Waals surface area contributed by atoms with E-state index in [0.29, 0.717) is 12.5 Å². The van der Waals surface area contributed by atoms with Crippen LogP contribution in [0.4, 0.5) is 0 Å². The number of rotatable bonds is 5. The van der Waals surface area contributed by atoms with E-state index in [2.05, 4.69) is 6.92 Å². The fourth-order valence-corrected chi connectivity index (χ4v) is 0.548. The molecule has 0 saturated heterocycles. The zero-order valence-electron chi connectivity index (χ0n) is 7.06. The van der Waals surface area contributed by atoms with Gasteiger partial charge in [-0.05, 0) is 12.8 Å². The molecule has 0 atom stereocenters. The van der Waals surface area contributed by atoms with Crippen LogP contribution in [0.15, 0.2) is 12.1 Å². The highest BCUT2D eigenvalue weighted by molar-refractivity contribution is 4.80. The summed E-state index contributed by atoms with van der Waals surface area (Å²) >= 11 is 0. The molecule has 54 valence electrons. The van der Waals surface area contributed by atoms with E-state index in [9.17, 15) is 0 Å². The predicted molar refractivity (Wildman–Crippen MR) is 40.4 cm³/mol. The van der Waals surface area contributed by atoms with E-state index in [0.717, 1.165) is 19.3 Å². The Morgan fingerprint density at radius 1 is 1.56 bits per heavy atom. The van der Waals surface area contributed by atoms with Gasteiger partial charge in [-0.3, -0.25) is 0 Å². The summed E-state index contributed by atoms with van der Waals surface area (Å²) in [5, 5.41) is 8.41. The minimum absolute atomic E-state index is 0.161. The monoisotopic (exact) mass is 129 g/mol. The van der Waals surface area contributed by atoms with Crippen LogP contribution in [0.2, 0.25) is 0 Å². The molecule has 0 aromatic carbocycles. The topological polar surface area (TPSA) is 20.2 Å². The zero-order valence-corrected chi connectivity index (χ0v) is 6.06. The minimum atomic E-state index is 0.161. The number of aliphatic hydroxyl groups excluding tert-OH is 1. The van der Waals surface area contributed by atoms with Crippen LogP contribution in [0.25, 0.3) is 0 Å². The summed E-state index contributed by atoms with van der Waals surface area (Å²) in [6.07, 6.45) is 5.49. The molecule has 0 aliphatic heterocycles. The Labute approximate surface area is 58.8 Å². The molecule has 0 radical (unpaired) electrons. The van der Waals surface area contributed by atoms with Gasteiger partial charge in [0.25, 0.3) is 0 Å². The van der Waals surface area contributed by atoms with Crippen molar-refractivity contribution in [1.82, 2.24) is 0 Å². The lowest BCUT2D eigenvalue weighted by Gasteiger charge is -1.87. The molecule has 0 aliphatic carbocycles. The fraction of sp³-hybridized carbons (Fsp3) is 0.750. The molecule has 0 aromatic rings. The molecule has 0 bridgehead atoms. The summed E-state index contributed by atoms with van der Waals surface area (Å²) in [6.45, 7) is 2.27. The molecule has 1 heteroatoms. The van der Waals surface area contributed by atoms with Crippen molar-refractivity contribution in [2.45, 2.75) is 32.6 Å². The van der Waals surface area contributed by atoms with Gasteiger partial charge >= 0.3 is 0 Å². The van der Waals surface area contributed by atoms with Crippen molar-refractivity contribution in [1.29, 1.82) is 0 Å². The van der Waals surface area contributed by atoms with Gasteiger partial charge in [0.2, 0.25) is 0 Å². The third kappa shape index (κ3) is 7.70. The summed E-state index contributed by atoms with van der Waals surface area (Å²) < 4.78 is 7.33. The van der Waals surface area contributed by atoms with Gasteiger partial charge in [-0.1, -0.05) is 31.9 Å². The van der Waals surface area contributed by atoms with Gasteiger partial charge in [-0.15, -0.1) is 0 Å². The Morgan fingerprint density at radius 3 is 2.89 bits per heavy atom. The van der Waals surface area contributed by atoms with E-state index in [4.69, 9.17) is 6.48 Å². The van der Waals surface area contributed by atoms with Crippen LogP contribution < -0.4 is 0 Å². The van der Waals surface area contributed by atoms with Gasteiger partial charge < -0.3 is 5.11 Å². The Morgan fingerprint density at radius 2 is 2.33 bits per heavy atom. The molecule has 0 aromatic heterocycles. The average Bonchev–Trinajstić information content (AvgIpc) is 1.97. The van der Waals surface area contributed by atoms with Crippen molar-refractivity contribution in [3.8, 4) is 0 Å². The number of allylic oxidation sites excluding steroid dienone is 1. The van der Waals surface area contributed by atoms with Crippen LogP contribution in [0.1, 0.15) is 34.0 Å². The van der Waals surface area contributed by atoms with Gasteiger partial charge in [0.1, 0.15) is 0 Å². The highest BCUT2D eigenvalue weighted by atomic mass is 16.2. The van der Waals surface area contributed by atoms with Gasteiger partial charge in [0.15, 0.2) is 0 Å². The summed E-state index contributed by atoms with van der Waals surface area (Å²) in [6, 6.07) is 0.663. The number of unbranched alkanes of at least 4 members (excludes halogenated alkanes) is 1.